The van der Waals surface area contributed by atoms with Crippen molar-refractivity contribution in [1.82, 2.24) is 4.90 Å². The van der Waals surface area contributed by atoms with Gasteiger partial charge in [-0.2, -0.15) is 0 Å². The van der Waals surface area contributed by atoms with Gasteiger partial charge in [0, 0.05) is 25.8 Å². The number of likely N-dealkylation sites (N-methyl/N-ethyl adjacent to an activating group) is 1. The van der Waals surface area contributed by atoms with Crippen molar-refractivity contribution >= 4 is 11.7 Å². The number of urea groups is 1. The zero-order valence-electron chi connectivity index (χ0n) is 11.1. The lowest BCUT2D eigenvalue weighted by molar-refractivity contribution is 0.229. The number of anilines is 1. The van der Waals surface area contributed by atoms with Gasteiger partial charge in [0.05, 0.1) is 0 Å². The molecular weight excluding hydrogens is 226 g/mol. The monoisotopic (exact) mass is 247 g/mol. The Kier molecular flexibility index (Phi) is 3.87. The second-order valence-corrected chi connectivity index (χ2v) is 4.89. The van der Waals surface area contributed by atoms with Crippen molar-refractivity contribution in [2.45, 2.75) is 19.3 Å². The summed E-state index contributed by atoms with van der Waals surface area (Å²) >= 11 is 0. The lowest BCUT2D eigenvalue weighted by Crippen LogP contribution is -2.30. The Labute approximate surface area is 108 Å². The van der Waals surface area contributed by atoms with E-state index in [2.05, 4.69) is 13.0 Å². The van der Waals surface area contributed by atoms with Crippen molar-refractivity contribution < 1.29 is 4.79 Å². The maximum Gasteiger partial charge on any atom is 0.324 e. The highest BCUT2D eigenvalue weighted by Crippen LogP contribution is 2.31. The van der Waals surface area contributed by atoms with Crippen LogP contribution in [0.4, 0.5) is 10.5 Å². The van der Waals surface area contributed by atoms with Crippen LogP contribution in [0.5, 0.6) is 0 Å². The van der Waals surface area contributed by atoms with Crippen LogP contribution in [0.15, 0.2) is 24.3 Å². The van der Waals surface area contributed by atoms with E-state index in [1.54, 1.807) is 4.90 Å². The molecule has 2 N–H and O–H groups in total. The van der Waals surface area contributed by atoms with Crippen LogP contribution in [0.25, 0.3) is 0 Å². The molecule has 4 nitrogen and oxygen atoms in total. The number of hydrogen-bond acceptors (Lipinski definition) is 2. The Morgan fingerprint density at radius 2 is 2.06 bits per heavy atom. The molecule has 0 saturated carbocycles. The first-order chi connectivity index (χ1) is 8.65. The van der Waals surface area contributed by atoms with E-state index in [1.807, 2.05) is 30.1 Å². The van der Waals surface area contributed by atoms with Crippen LogP contribution >= 0.6 is 0 Å². The fraction of sp³-hybridized carbons (Fsp3) is 0.500. The number of carbonyl (C=O) groups excluding carboxylic acids is 1. The van der Waals surface area contributed by atoms with Crippen LogP contribution in [-0.4, -0.2) is 37.6 Å². The maximum atomic E-state index is 12.1. The number of amides is 2. The van der Waals surface area contributed by atoms with Crippen LogP contribution < -0.4 is 10.6 Å². The molecule has 2 amide bonds. The lowest BCUT2D eigenvalue weighted by atomic mass is 9.95. The Morgan fingerprint density at radius 3 is 2.67 bits per heavy atom. The zero-order valence-corrected chi connectivity index (χ0v) is 11.1. The molecule has 0 bridgehead atoms. The van der Waals surface area contributed by atoms with Crippen LogP contribution in [0.3, 0.4) is 0 Å². The molecule has 1 atom stereocenters. The number of nitrogens with two attached hydrogens (primary N) is 1. The van der Waals surface area contributed by atoms with Crippen LogP contribution in [0.2, 0.25) is 0 Å². The van der Waals surface area contributed by atoms with E-state index in [9.17, 15) is 4.79 Å². The highest BCUT2D eigenvalue weighted by atomic mass is 16.2. The van der Waals surface area contributed by atoms with Gasteiger partial charge in [-0.25, -0.2) is 4.79 Å². The zero-order chi connectivity index (χ0) is 13.1. The van der Waals surface area contributed by atoms with Gasteiger partial charge >= 0.3 is 6.03 Å². The van der Waals surface area contributed by atoms with Crippen molar-refractivity contribution in [3.8, 4) is 0 Å². The fourth-order valence-corrected chi connectivity index (χ4v) is 2.43. The van der Waals surface area contributed by atoms with Gasteiger partial charge in [-0.3, -0.25) is 4.90 Å². The molecule has 1 aliphatic heterocycles. The molecule has 98 valence electrons. The van der Waals surface area contributed by atoms with Crippen LogP contribution in [-0.2, 0) is 0 Å². The molecule has 1 fully saturated rings. The van der Waals surface area contributed by atoms with Gasteiger partial charge in [0.2, 0.25) is 0 Å². The summed E-state index contributed by atoms with van der Waals surface area (Å²) in [6, 6.07) is 8.22. The summed E-state index contributed by atoms with van der Waals surface area (Å²) in [4.78, 5) is 15.7. The third-order valence-corrected chi connectivity index (χ3v) is 3.57. The first-order valence-corrected chi connectivity index (χ1v) is 6.46. The largest absolute Gasteiger partial charge is 0.330 e. The second kappa shape index (κ2) is 5.40. The van der Waals surface area contributed by atoms with E-state index in [0.717, 1.165) is 25.2 Å². The Morgan fingerprint density at radius 1 is 1.33 bits per heavy atom. The van der Waals surface area contributed by atoms with E-state index >= 15 is 0 Å². The van der Waals surface area contributed by atoms with E-state index in [0.29, 0.717) is 12.5 Å². The molecule has 1 aromatic rings. The molecule has 1 saturated heterocycles. The van der Waals surface area contributed by atoms with E-state index in [4.69, 9.17) is 5.73 Å². The molecule has 0 radical (unpaired) electrons. The molecule has 2 rings (SSSR count). The molecule has 0 aromatic heterocycles. The van der Waals surface area contributed by atoms with Gasteiger partial charge in [0.1, 0.15) is 0 Å². The predicted octanol–water partition coefficient (Wildman–Crippen LogP) is 2.01. The van der Waals surface area contributed by atoms with Crippen molar-refractivity contribution in [1.29, 1.82) is 0 Å². The fourth-order valence-electron chi connectivity index (χ4n) is 2.43. The number of para-hydroxylation sites is 1. The molecule has 1 aliphatic rings. The SMILES string of the molecule is CC(CCN)c1ccccc1N1CCN(C)C1=O. The van der Waals surface area contributed by atoms with Gasteiger partial charge in [-0.15, -0.1) is 0 Å². The Balaban J connectivity index is 2.30. The summed E-state index contributed by atoms with van der Waals surface area (Å²) in [6.07, 6.45) is 0.939. The minimum Gasteiger partial charge on any atom is -0.330 e. The molecule has 1 unspecified atom stereocenters. The Hall–Kier alpha value is -1.55. The van der Waals surface area contributed by atoms with Gasteiger partial charge in [-0.05, 0) is 30.5 Å². The summed E-state index contributed by atoms with van der Waals surface area (Å²) in [7, 11) is 1.84. The molecule has 1 aromatic carbocycles. The quantitative estimate of drug-likeness (QED) is 0.884. The van der Waals surface area contributed by atoms with Gasteiger partial charge in [-0.1, -0.05) is 25.1 Å². The number of benzene rings is 1. The van der Waals surface area contributed by atoms with Crippen molar-refractivity contribution in [3.63, 3.8) is 0 Å². The summed E-state index contributed by atoms with van der Waals surface area (Å²) in [5.74, 6) is 0.380. The highest BCUT2D eigenvalue weighted by molar-refractivity contribution is 5.94. The third kappa shape index (κ3) is 2.34. The summed E-state index contributed by atoms with van der Waals surface area (Å²) in [5.41, 5.74) is 7.88. The smallest absolute Gasteiger partial charge is 0.324 e. The molecular formula is C14H21N3O. The first-order valence-electron chi connectivity index (χ1n) is 6.46. The third-order valence-electron chi connectivity index (χ3n) is 3.57. The van der Waals surface area contributed by atoms with Gasteiger partial charge in [0.15, 0.2) is 0 Å². The number of carbonyl (C=O) groups is 1. The second-order valence-electron chi connectivity index (χ2n) is 4.89. The van der Waals surface area contributed by atoms with Crippen molar-refractivity contribution in [3.05, 3.63) is 29.8 Å². The topological polar surface area (TPSA) is 49.6 Å². The van der Waals surface area contributed by atoms with Gasteiger partial charge in [0.25, 0.3) is 0 Å². The van der Waals surface area contributed by atoms with Crippen LogP contribution in [0.1, 0.15) is 24.8 Å². The summed E-state index contributed by atoms with van der Waals surface area (Å²) in [5, 5.41) is 0. The van der Waals surface area contributed by atoms with Crippen molar-refractivity contribution in [2.24, 2.45) is 5.73 Å². The van der Waals surface area contributed by atoms with Crippen molar-refractivity contribution in [2.75, 3.05) is 31.6 Å². The molecule has 0 aliphatic carbocycles. The average Bonchev–Trinajstić information content (AvgIpc) is 2.70. The van der Waals surface area contributed by atoms with Gasteiger partial charge < -0.3 is 10.6 Å². The lowest BCUT2D eigenvalue weighted by Gasteiger charge is -2.22. The van der Waals surface area contributed by atoms with E-state index < -0.39 is 0 Å². The van der Waals surface area contributed by atoms with E-state index in [-0.39, 0.29) is 6.03 Å². The highest BCUT2D eigenvalue weighted by Gasteiger charge is 2.28. The van der Waals surface area contributed by atoms with E-state index in [1.165, 1.54) is 5.56 Å². The number of rotatable bonds is 4. The average molecular weight is 247 g/mol. The first kappa shape index (κ1) is 12.9. The number of nitrogens with zero attached hydrogens (tertiary/aromatic N) is 2. The van der Waals surface area contributed by atoms with Crippen LogP contribution in [0, 0.1) is 0 Å². The predicted molar refractivity (Wildman–Crippen MR) is 73.9 cm³/mol. The standard InChI is InChI=1S/C14H21N3O/c1-11(7-8-15)12-5-3-4-6-13(12)17-10-9-16(2)14(17)18/h3-6,11H,7-10,15H2,1-2H3. The summed E-state index contributed by atoms with van der Waals surface area (Å²) < 4.78 is 0. The Bertz CT molecular complexity index is 433. The molecule has 0 spiro atoms. The molecule has 1 heterocycles. The molecule has 18 heavy (non-hydrogen) atoms. The minimum absolute atomic E-state index is 0.0856. The summed E-state index contributed by atoms with van der Waals surface area (Å²) in [6.45, 7) is 4.39. The number of hydrogen-bond donors (Lipinski definition) is 1. The molecule has 4 heteroatoms. The minimum atomic E-state index is 0.0856. The normalized spacial score (nSPS) is 17.4. The maximum absolute atomic E-state index is 12.1.